The van der Waals surface area contributed by atoms with E-state index in [1.165, 1.54) is 6.07 Å². The number of hydrogen-bond donors (Lipinski definition) is 1. The molecule has 2 aromatic carbocycles. The average Bonchev–Trinajstić information content (AvgIpc) is 3.09. The van der Waals surface area contributed by atoms with Crippen LogP contribution in [0.4, 0.5) is 19.0 Å². The van der Waals surface area contributed by atoms with Gasteiger partial charge in [-0.15, -0.1) is 0 Å². The number of anilines is 1. The molecular weight excluding hydrogens is 407 g/mol. The fraction of sp³-hybridized carbons (Fsp3) is 0.200. The van der Waals surface area contributed by atoms with E-state index in [4.69, 9.17) is 11.6 Å². The molecule has 9 heteroatoms. The molecule has 0 saturated heterocycles. The molecule has 1 N–H and O–H groups in total. The van der Waals surface area contributed by atoms with Crippen LogP contribution in [0.5, 0.6) is 0 Å². The summed E-state index contributed by atoms with van der Waals surface area (Å²) in [5, 5.41) is 7.61. The molecule has 0 aliphatic rings. The van der Waals surface area contributed by atoms with Gasteiger partial charge in [0, 0.05) is 22.8 Å². The summed E-state index contributed by atoms with van der Waals surface area (Å²) < 4.78 is 42.8. The van der Waals surface area contributed by atoms with Gasteiger partial charge in [-0.25, -0.2) is 0 Å². The summed E-state index contributed by atoms with van der Waals surface area (Å²) in [4.78, 5) is 12.4. The van der Waals surface area contributed by atoms with Gasteiger partial charge in [-0.2, -0.15) is 18.3 Å². The van der Waals surface area contributed by atoms with Gasteiger partial charge in [0.15, 0.2) is 5.82 Å². The monoisotopic (exact) mass is 423 g/mol. The second-order valence-corrected chi connectivity index (χ2v) is 6.72. The highest BCUT2D eigenvalue weighted by Crippen LogP contribution is 2.16. The Bertz CT molecular complexity index is 972. The minimum Gasteiger partial charge on any atom is -0.367 e. The Hall–Kier alpha value is -2.84. The van der Waals surface area contributed by atoms with Gasteiger partial charge in [-0.05, 0) is 35.4 Å². The largest absolute Gasteiger partial charge is 0.411 e. The molecule has 0 radical (unpaired) electrons. The molecule has 1 amide bonds. The second kappa shape index (κ2) is 9.11. The van der Waals surface area contributed by atoms with E-state index >= 15 is 0 Å². The lowest BCUT2D eigenvalue weighted by Gasteiger charge is -2.09. The Morgan fingerprint density at radius 2 is 1.86 bits per heavy atom. The predicted molar refractivity (Wildman–Crippen MR) is 103 cm³/mol. The Kier molecular flexibility index (Phi) is 6.56. The van der Waals surface area contributed by atoms with E-state index in [0.717, 1.165) is 5.56 Å². The number of alkyl halides is 3. The summed E-state index contributed by atoms with van der Waals surface area (Å²) in [6, 6.07) is 15.2. The zero-order valence-corrected chi connectivity index (χ0v) is 15.9. The van der Waals surface area contributed by atoms with E-state index in [2.05, 4.69) is 15.2 Å². The standard InChI is InChI=1S/C20H17ClF3N3O2/c21-17-6-4-14(5-7-17)11-27-9-8-18(26-27)25-19(28)16-3-1-2-15(10-16)12-29-13-20(22,23)24/h1-10H,11-13H2,(H,25,26,28). The molecule has 5 nitrogen and oxygen atoms in total. The first kappa shape index (κ1) is 20.9. The molecule has 3 rings (SSSR count). The first-order chi connectivity index (χ1) is 13.8. The number of rotatable bonds is 7. The Morgan fingerprint density at radius 1 is 1.10 bits per heavy atom. The molecule has 0 bridgehead atoms. The molecule has 3 aromatic rings. The predicted octanol–water partition coefficient (Wildman–Crippen LogP) is 4.92. The number of aromatic nitrogens is 2. The molecule has 0 fully saturated rings. The third-order valence-corrected chi connectivity index (χ3v) is 4.12. The van der Waals surface area contributed by atoms with E-state index in [-0.39, 0.29) is 6.61 Å². The Balaban J connectivity index is 1.58. The fourth-order valence-electron chi connectivity index (χ4n) is 2.57. The third kappa shape index (κ3) is 6.62. The molecule has 0 aliphatic heterocycles. The van der Waals surface area contributed by atoms with E-state index < -0.39 is 18.7 Å². The summed E-state index contributed by atoms with van der Waals surface area (Å²) in [7, 11) is 0. The van der Waals surface area contributed by atoms with Crippen LogP contribution in [0.1, 0.15) is 21.5 Å². The van der Waals surface area contributed by atoms with Crippen LogP contribution in [0.25, 0.3) is 0 Å². The van der Waals surface area contributed by atoms with Gasteiger partial charge in [-0.3, -0.25) is 9.48 Å². The van der Waals surface area contributed by atoms with Crippen molar-refractivity contribution in [3.63, 3.8) is 0 Å². The maximum atomic E-state index is 12.4. The highest BCUT2D eigenvalue weighted by atomic mass is 35.5. The Labute approximate surface area is 170 Å². The molecule has 0 atom stereocenters. The molecule has 152 valence electrons. The zero-order chi connectivity index (χ0) is 20.9. The maximum Gasteiger partial charge on any atom is 0.411 e. The lowest BCUT2D eigenvalue weighted by atomic mass is 10.1. The number of benzene rings is 2. The molecular formula is C20H17ClF3N3O2. The first-order valence-electron chi connectivity index (χ1n) is 8.61. The summed E-state index contributed by atoms with van der Waals surface area (Å²) in [5.41, 5.74) is 1.77. The minimum atomic E-state index is -4.39. The average molecular weight is 424 g/mol. The second-order valence-electron chi connectivity index (χ2n) is 6.29. The molecule has 1 aromatic heterocycles. The van der Waals surface area contributed by atoms with E-state index in [1.807, 2.05) is 12.1 Å². The van der Waals surface area contributed by atoms with Gasteiger partial charge >= 0.3 is 6.18 Å². The topological polar surface area (TPSA) is 56.2 Å². The summed E-state index contributed by atoms with van der Waals surface area (Å²) >= 11 is 5.87. The minimum absolute atomic E-state index is 0.240. The lowest BCUT2D eigenvalue weighted by molar-refractivity contribution is -0.176. The third-order valence-electron chi connectivity index (χ3n) is 3.86. The van der Waals surface area contributed by atoms with Crippen LogP contribution in [0.2, 0.25) is 5.02 Å². The van der Waals surface area contributed by atoms with Crippen LogP contribution < -0.4 is 5.32 Å². The number of ether oxygens (including phenoxy) is 1. The Morgan fingerprint density at radius 3 is 2.59 bits per heavy atom. The van der Waals surface area contributed by atoms with Gasteiger partial charge in [-0.1, -0.05) is 35.9 Å². The van der Waals surface area contributed by atoms with Crippen molar-refractivity contribution < 1.29 is 22.7 Å². The van der Waals surface area contributed by atoms with E-state index in [9.17, 15) is 18.0 Å². The molecule has 1 heterocycles. The molecule has 0 unspecified atom stereocenters. The van der Waals surface area contributed by atoms with Crippen molar-refractivity contribution in [2.45, 2.75) is 19.3 Å². The number of carbonyl (C=O) groups excluding carboxylic acids is 1. The van der Waals surface area contributed by atoms with Crippen LogP contribution in [0.15, 0.2) is 60.8 Å². The van der Waals surface area contributed by atoms with Crippen molar-refractivity contribution in [1.82, 2.24) is 9.78 Å². The number of carbonyl (C=O) groups is 1. The molecule has 0 aliphatic carbocycles. The van der Waals surface area contributed by atoms with Crippen molar-refractivity contribution in [3.05, 3.63) is 82.5 Å². The van der Waals surface area contributed by atoms with Crippen LogP contribution in [-0.2, 0) is 17.9 Å². The van der Waals surface area contributed by atoms with Gasteiger partial charge in [0.05, 0.1) is 13.2 Å². The van der Waals surface area contributed by atoms with Gasteiger partial charge in [0.25, 0.3) is 5.91 Å². The van der Waals surface area contributed by atoms with E-state index in [0.29, 0.717) is 28.5 Å². The van der Waals surface area contributed by atoms with Crippen LogP contribution in [0.3, 0.4) is 0 Å². The molecule has 29 heavy (non-hydrogen) atoms. The number of hydrogen-bond acceptors (Lipinski definition) is 3. The maximum absolute atomic E-state index is 12.4. The normalized spacial score (nSPS) is 11.4. The van der Waals surface area contributed by atoms with Crippen LogP contribution in [-0.4, -0.2) is 28.5 Å². The highest BCUT2D eigenvalue weighted by Gasteiger charge is 2.27. The summed E-state index contributed by atoms with van der Waals surface area (Å²) in [6.45, 7) is -1.07. The van der Waals surface area contributed by atoms with Crippen molar-refractivity contribution in [2.24, 2.45) is 0 Å². The molecule has 0 saturated carbocycles. The first-order valence-corrected chi connectivity index (χ1v) is 8.99. The quantitative estimate of drug-likeness (QED) is 0.587. The lowest BCUT2D eigenvalue weighted by Crippen LogP contribution is -2.17. The SMILES string of the molecule is O=C(Nc1ccn(Cc2ccc(Cl)cc2)n1)c1cccc(COCC(F)(F)F)c1. The van der Waals surface area contributed by atoms with Crippen LogP contribution in [0, 0.1) is 0 Å². The van der Waals surface area contributed by atoms with E-state index in [1.54, 1.807) is 47.3 Å². The van der Waals surface area contributed by atoms with Crippen molar-refractivity contribution in [3.8, 4) is 0 Å². The smallest absolute Gasteiger partial charge is 0.367 e. The number of amides is 1. The molecule has 0 spiro atoms. The fourth-order valence-corrected chi connectivity index (χ4v) is 2.69. The van der Waals surface area contributed by atoms with Crippen molar-refractivity contribution in [2.75, 3.05) is 11.9 Å². The van der Waals surface area contributed by atoms with Gasteiger partial charge in [0.1, 0.15) is 6.61 Å². The number of nitrogens with zero attached hydrogens (tertiary/aromatic N) is 2. The van der Waals surface area contributed by atoms with Crippen molar-refractivity contribution in [1.29, 1.82) is 0 Å². The highest BCUT2D eigenvalue weighted by molar-refractivity contribution is 6.30. The van der Waals surface area contributed by atoms with Crippen LogP contribution >= 0.6 is 11.6 Å². The summed E-state index contributed by atoms with van der Waals surface area (Å²) in [6.07, 6.45) is -2.66. The van der Waals surface area contributed by atoms with Gasteiger partial charge < -0.3 is 10.1 Å². The van der Waals surface area contributed by atoms with Crippen molar-refractivity contribution >= 4 is 23.3 Å². The number of halogens is 4. The summed E-state index contributed by atoms with van der Waals surface area (Å²) in [5.74, 6) is -0.0536. The number of nitrogens with one attached hydrogen (secondary N) is 1. The van der Waals surface area contributed by atoms with Gasteiger partial charge in [0.2, 0.25) is 0 Å². The zero-order valence-electron chi connectivity index (χ0n) is 15.1.